The van der Waals surface area contributed by atoms with Crippen LogP contribution in [0.5, 0.6) is 5.75 Å². The number of thioether (sulfide) groups is 1. The normalized spacial score (nSPS) is 15.0. The average Bonchev–Trinajstić information content (AvgIpc) is 3.43. The Hall–Kier alpha value is -2.34. The third-order valence-corrected chi connectivity index (χ3v) is 8.75. The Morgan fingerprint density at radius 1 is 1.19 bits per heavy atom. The molecular formula is C20H22N4O4S3. The minimum atomic E-state index is -3.68. The van der Waals surface area contributed by atoms with E-state index in [1.54, 1.807) is 47.6 Å². The maximum atomic E-state index is 13.0. The second-order valence-electron chi connectivity index (χ2n) is 6.85. The molecule has 0 saturated carbocycles. The fraction of sp³-hybridized carbons (Fsp3) is 0.300. The van der Waals surface area contributed by atoms with Gasteiger partial charge in [0, 0.05) is 49.7 Å². The van der Waals surface area contributed by atoms with Gasteiger partial charge in [-0.1, -0.05) is 0 Å². The van der Waals surface area contributed by atoms with Gasteiger partial charge in [-0.15, -0.1) is 11.3 Å². The largest absolute Gasteiger partial charge is 0.486 e. The zero-order valence-electron chi connectivity index (χ0n) is 16.9. The molecule has 0 aliphatic carbocycles. The molecule has 2 aromatic heterocycles. The van der Waals surface area contributed by atoms with Crippen molar-refractivity contribution in [2.75, 3.05) is 29.9 Å². The van der Waals surface area contributed by atoms with Crippen molar-refractivity contribution in [3.8, 4) is 5.75 Å². The molecule has 0 spiro atoms. The summed E-state index contributed by atoms with van der Waals surface area (Å²) < 4.78 is 35.0. The number of aryl methyl sites for hydroxylation is 1. The summed E-state index contributed by atoms with van der Waals surface area (Å²) in [6.45, 7) is 1.26. The molecule has 164 valence electrons. The molecule has 3 aromatic rings. The number of hydrogen-bond acceptors (Lipinski definition) is 7. The Kier molecular flexibility index (Phi) is 6.65. The number of hydrogen-bond donors (Lipinski definition) is 1. The number of rotatable bonds is 7. The number of ether oxygens (including phenoxy) is 1. The number of amides is 1. The van der Waals surface area contributed by atoms with Crippen LogP contribution in [0.2, 0.25) is 0 Å². The van der Waals surface area contributed by atoms with Crippen molar-refractivity contribution in [2.24, 2.45) is 7.05 Å². The van der Waals surface area contributed by atoms with Crippen LogP contribution >= 0.6 is 23.1 Å². The van der Waals surface area contributed by atoms with E-state index in [1.807, 2.05) is 17.8 Å². The highest BCUT2D eigenvalue weighted by Gasteiger charge is 2.31. The molecule has 0 unspecified atom stereocenters. The molecule has 1 aliphatic heterocycles. The maximum absolute atomic E-state index is 13.0. The number of anilines is 1. The first kappa shape index (κ1) is 21.9. The molecule has 1 fully saturated rings. The molecule has 1 N–H and O–H groups in total. The van der Waals surface area contributed by atoms with Crippen molar-refractivity contribution < 1.29 is 17.9 Å². The first-order chi connectivity index (χ1) is 14.9. The summed E-state index contributed by atoms with van der Waals surface area (Å²) in [5, 5.41) is 4.41. The zero-order chi connectivity index (χ0) is 21.8. The lowest BCUT2D eigenvalue weighted by molar-refractivity contribution is 0.102. The second kappa shape index (κ2) is 9.43. The Morgan fingerprint density at radius 3 is 2.61 bits per heavy atom. The van der Waals surface area contributed by atoms with Gasteiger partial charge in [-0.25, -0.2) is 13.4 Å². The van der Waals surface area contributed by atoms with Crippen LogP contribution in [-0.2, 0) is 23.7 Å². The van der Waals surface area contributed by atoms with Gasteiger partial charge in [0.2, 0.25) is 10.0 Å². The molecule has 11 heteroatoms. The van der Waals surface area contributed by atoms with Crippen molar-refractivity contribution in [3.05, 3.63) is 58.8 Å². The molecule has 31 heavy (non-hydrogen) atoms. The highest BCUT2D eigenvalue weighted by Crippen LogP contribution is 2.28. The number of sulfonamides is 1. The van der Waals surface area contributed by atoms with E-state index in [9.17, 15) is 13.2 Å². The first-order valence-corrected chi connectivity index (χ1v) is 13.1. The fourth-order valence-electron chi connectivity index (χ4n) is 3.10. The summed E-state index contributed by atoms with van der Waals surface area (Å²) >= 11 is 2.85. The third kappa shape index (κ3) is 4.95. The van der Waals surface area contributed by atoms with Crippen molar-refractivity contribution in [3.63, 3.8) is 0 Å². The lowest BCUT2D eigenvalue weighted by Gasteiger charge is -2.25. The van der Waals surface area contributed by atoms with Gasteiger partial charge < -0.3 is 14.6 Å². The topological polar surface area (TPSA) is 93.5 Å². The Labute approximate surface area is 189 Å². The number of imidazole rings is 1. The Balaban J connectivity index is 1.42. The number of nitrogens with one attached hydrogen (secondary N) is 1. The van der Waals surface area contributed by atoms with Crippen molar-refractivity contribution in [1.82, 2.24) is 13.9 Å². The van der Waals surface area contributed by atoms with E-state index in [-0.39, 0.29) is 9.77 Å². The molecular weight excluding hydrogens is 456 g/mol. The average molecular weight is 479 g/mol. The summed E-state index contributed by atoms with van der Waals surface area (Å²) in [7, 11) is -1.79. The molecule has 1 saturated heterocycles. The summed E-state index contributed by atoms with van der Waals surface area (Å²) in [6, 6.07) is 8.43. The summed E-state index contributed by atoms with van der Waals surface area (Å²) in [5.74, 6) is 2.53. The van der Waals surface area contributed by atoms with Crippen molar-refractivity contribution >= 4 is 44.7 Å². The lowest BCUT2D eigenvalue weighted by Crippen LogP contribution is -2.38. The summed E-state index contributed by atoms with van der Waals surface area (Å²) in [5.41, 5.74) is 0.556. The van der Waals surface area contributed by atoms with Gasteiger partial charge in [0.05, 0.1) is 0 Å². The van der Waals surface area contributed by atoms with Gasteiger partial charge >= 0.3 is 0 Å². The first-order valence-electron chi connectivity index (χ1n) is 9.61. The third-order valence-electron chi connectivity index (χ3n) is 4.82. The highest BCUT2D eigenvalue weighted by molar-refractivity contribution is 7.99. The summed E-state index contributed by atoms with van der Waals surface area (Å²) in [4.78, 5) is 17.3. The number of nitrogens with zero attached hydrogens (tertiary/aromatic N) is 3. The summed E-state index contributed by atoms with van der Waals surface area (Å²) in [6.07, 6.45) is 3.56. The van der Waals surface area contributed by atoms with Gasteiger partial charge in [-0.3, -0.25) is 4.79 Å². The number of carbonyl (C=O) groups is 1. The predicted molar refractivity (Wildman–Crippen MR) is 122 cm³/mol. The Morgan fingerprint density at radius 2 is 1.94 bits per heavy atom. The number of carbonyl (C=O) groups excluding carboxylic acids is 1. The SMILES string of the molecule is Cn1ccnc1COc1ccc(NC(=O)c2sccc2S(=O)(=O)N2CCSCC2)cc1. The van der Waals surface area contributed by atoms with Crippen LogP contribution in [0.25, 0.3) is 0 Å². The molecule has 0 atom stereocenters. The van der Waals surface area contributed by atoms with Crippen LogP contribution < -0.4 is 10.1 Å². The van der Waals surface area contributed by atoms with Crippen molar-refractivity contribution in [1.29, 1.82) is 0 Å². The quantitative estimate of drug-likeness (QED) is 0.561. The fourth-order valence-corrected chi connectivity index (χ4v) is 6.97. The van der Waals surface area contributed by atoms with Gasteiger partial charge in [0.25, 0.3) is 5.91 Å². The molecule has 8 nitrogen and oxygen atoms in total. The molecule has 3 heterocycles. The lowest BCUT2D eigenvalue weighted by atomic mass is 10.3. The van der Waals surface area contributed by atoms with Gasteiger partial charge in [0.15, 0.2) is 0 Å². The monoisotopic (exact) mass is 478 g/mol. The van der Waals surface area contributed by atoms with Crippen LogP contribution in [0.4, 0.5) is 5.69 Å². The van der Waals surface area contributed by atoms with Gasteiger partial charge in [0.1, 0.15) is 28.0 Å². The van der Waals surface area contributed by atoms with E-state index >= 15 is 0 Å². The molecule has 1 aliphatic rings. The smallest absolute Gasteiger partial charge is 0.267 e. The highest BCUT2D eigenvalue weighted by atomic mass is 32.2. The maximum Gasteiger partial charge on any atom is 0.267 e. The number of aromatic nitrogens is 2. The minimum absolute atomic E-state index is 0.0666. The van der Waals surface area contributed by atoms with Gasteiger partial charge in [-0.2, -0.15) is 16.1 Å². The molecule has 4 rings (SSSR count). The zero-order valence-corrected chi connectivity index (χ0v) is 19.3. The minimum Gasteiger partial charge on any atom is -0.486 e. The van der Waals surface area contributed by atoms with E-state index in [2.05, 4.69) is 10.3 Å². The van der Waals surface area contributed by atoms with E-state index in [0.717, 1.165) is 28.7 Å². The van der Waals surface area contributed by atoms with Crippen LogP contribution in [-0.4, -0.2) is 52.8 Å². The standard InChI is InChI=1S/C20H22N4O4S3/c1-23-8-7-21-18(23)14-28-16-4-2-15(3-5-16)22-20(25)19-17(6-11-30-19)31(26,27)24-9-12-29-13-10-24/h2-8,11H,9-10,12-14H2,1H3,(H,22,25). The van der Waals surface area contributed by atoms with E-state index in [4.69, 9.17) is 4.74 Å². The van der Waals surface area contributed by atoms with Crippen LogP contribution in [0, 0.1) is 0 Å². The number of benzene rings is 1. The molecule has 1 amide bonds. The second-order valence-corrected chi connectivity index (χ2v) is 10.9. The number of thiophene rings is 1. The molecule has 1 aromatic carbocycles. The van der Waals surface area contributed by atoms with Crippen LogP contribution in [0.1, 0.15) is 15.5 Å². The molecule has 0 bridgehead atoms. The Bertz CT molecular complexity index is 1150. The van der Waals surface area contributed by atoms with E-state index < -0.39 is 15.9 Å². The van der Waals surface area contributed by atoms with Gasteiger partial charge in [-0.05, 0) is 35.7 Å². The van der Waals surface area contributed by atoms with Crippen molar-refractivity contribution in [2.45, 2.75) is 11.5 Å². The van der Waals surface area contributed by atoms with E-state index in [0.29, 0.717) is 31.1 Å². The van der Waals surface area contributed by atoms with E-state index in [1.165, 1.54) is 10.4 Å². The molecule has 0 radical (unpaired) electrons. The van der Waals surface area contributed by atoms with Crippen LogP contribution in [0.15, 0.2) is 53.0 Å². The van der Waals surface area contributed by atoms with Crippen LogP contribution in [0.3, 0.4) is 0 Å². The predicted octanol–water partition coefficient (Wildman–Crippen LogP) is 3.05.